The van der Waals surface area contributed by atoms with Gasteiger partial charge in [-0.05, 0) is 25.1 Å². The Labute approximate surface area is 104 Å². The zero-order valence-electron chi connectivity index (χ0n) is 10.9. The number of hydrogen-bond donors (Lipinski definition) is 1. The van der Waals surface area contributed by atoms with E-state index in [1.807, 2.05) is 0 Å². The van der Waals surface area contributed by atoms with Gasteiger partial charge in [-0.1, -0.05) is 6.92 Å². The molecule has 0 fully saturated rings. The summed E-state index contributed by atoms with van der Waals surface area (Å²) in [6, 6.07) is 4.23. The Hall–Kier alpha value is -0.840. The largest absolute Gasteiger partial charge is 0.385 e. The molecule has 1 N–H and O–H groups in total. The molecule has 0 unspecified atom stereocenters. The van der Waals surface area contributed by atoms with Gasteiger partial charge in [-0.15, -0.1) is 0 Å². The van der Waals surface area contributed by atoms with Crippen molar-refractivity contribution in [1.29, 1.82) is 0 Å². The van der Waals surface area contributed by atoms with Gasteiger partial charge in [0.15, 0.2) is 0 Å². The summed E-state index contributed by atoms with van der Waals surface area (Å²) in [7, 11) is 1.72. The second-order valence-electron chi connectivity index (χ2n) is 3.93. The Morgan fingerprint density at radius 1 is 1.29 bits per heavy atom. The fourth-order valence-corrected chi connectivity index (χ4v) is 1.65. The zero-order valence-corrected chi connectivity index (χ0v) is 10.9. The number of nitrogens with zero attached hydrogens (tertiary/aromatic N) is 1. The van der Waals surface area contributed by atoms with Crippen LogP contribution in [0, 0.1) is 0 Å². The molecule has 4 heteroatoms. The number of rotatable bonds is 10. The van der Waals surface area contributed by atoms with E-state index in [1.54, 1.807) is 7.11 Å². The van der Waals surface area contributed by atoms with Crippen molar-refractivity contribution < 1.29 is 9.47 Å². The molecule has 0 aliphatic heterocycles. The predicted molar refractivity (Wildman–Crippen MR) is 69.1 cm³/mol. The number of nitrogens with one attached hydrogen (secondary N) is 1. The second-order valence-corrected chi connectivity index (χ2v) is 3.93. The van der Waals surface area contributed by atoms with Crippen LogP contribution in [0.2, 0.25) is 0 Å². The molecule has 0 aliphatic carbocycles. The highest BCUT2D eigenvalue weighted by Crippen LogP contribution is 2.02. The highest BCUT2D eigenvalue weighted by molar-refractivity contribution is 5.06. The van der Waals surface area contributed by atoms with Crippen LogP contribution in [-0.4, -0.2) is 38.0 Å². The fraction of sp³-hybridized carbons (Fsp3) is 0.692. The quantitative estimate of drug-likeness (QED) is 0.632. The van der Waals surface area contributed by atoms with Gasteiger partial charge in [-0.2, -0.15) is 0 Å². The summed E-state index contributed by atoms with van der Waals surface area (Å²) in [6.07, 6.45) is 3.07. The summed E-state index contributed by atoms with van der Waals surface area (Å²) in [5.74, 6) is 0. The maximum absolute atomic E-state index is 5.55. The van der Waals surface area contributed by atoms with Gasteiger partial charge >= 0.3 is 0 Å². The lowest BCUT2D eigenvalue weighted by Crippen LogP contribution is -2.16. The molecule has 17 heavy (non-hydrogen) atoms. The van der Waals surface area contributed by atoms with Crippen molar-refractivity contribution in [2.24, 2.45) is 0 Å². The SMILES string of the molecule is CCNCc1cccn1CCOCCCOC. The average molecular weight is 240 g/mol. The first-order valence-corrected chi connectivity index (χ1v) is 6.30. The van der Waals surface area contributed by atoms with Crippen molar-refractivity contribution >= 4 is 0 Å². The first-order chi connectivity index (χ1) is 8.38. The molecule has 0 bridgehead atoms. The summed E-state index contributed by atoms with van der Waals surface area (Å²) < 4.78 is 12.7. The molecule has 1 heterocycles. The van der Waals surface area contributed by atoms with Gasteiger partial charge in [0.25, 0.3) is 0 Å². The summed E-state index contributed by atoms with van der Waals surface area (Å²) in [5.41, 5.74) is 1.31. The van der Waals surface area contributed by atoms with Gasteiger partial charge in [0, 0.05) is 45.3 Å². The average Bonchev–Trinajstić information content (AvgIpc) is 2.78. The van der Waals surface area contributed by atoms with Gasteiger partial charge in [-0.3, -0.25) is 0 Å². The van der Waals surface area contributed by atoms with Crippen LogP contribution in [-0.2, 0) is 22.6 Å². The fourth-order valence-electron chi connectivity index (χ4n) is 1.65. The predicted octanol–water partition coefficient (Wildman–Crippen LogP) is 1.65. The summed E-state index contributed by atoms with van der Waals surface area (Å²) in [4.78, 5) is 0. The highest BCUT2D eigenvalue weighted by atomic mass is 16.5. The molecule has 4 nitrogen and oxygen atoms in total. The topological polar surface area (TPSA) is 35.4 Å². The van der Waals surface area contributed by atoms with E-state index >= 15 is 0 Å². The standard InChI is InChI=1S/C13H24N2O2/c1-3-14-12-13-6-4-7-15(13)8-11-17-10-5-9-16-2/h4,6-7,14H,3,5,8-12H2,1-2H3. The molecule has 0 aliphatic rings. The van der Waals surface area contributed by atoms with Crippen LogP contribution in [0.5, 0.6) is 0 Å². The lowest BCUT2D eigenvalue weighted by Gasteiger charge is -2.10. The van der Waals surface area contributed by atoms with E-state index < -0.39 is 0 Å². The van der Waals surface area contributed by atoms with Crippen molar-refractivity contribution in [2.45, 2.75) is 26.4 Å². The molecule has 0 aromatic carbocycles. The molecule has 0 spiro atoms. The second kappa shape index (κ2) is 9.22. The van der Waals surface area contributed by atoms with Crippen LogP contribution in [0.15, 0.2) is 18.3 Å². The van der Waals surface area contributed by atoms with Crippen molar-refractivity contribution in [3.05, 3.63) is 24.0 Å². The number of ether oxygens (including phenoxy) is 2. The maximum Gasteiger partial charge on any atom is 0.0645 e. The lowest BCUT2D eigenvalue weighted by atomic mass is 10.4. The van der Waals surface area contributed by atoms with Crippen LogP contribution in [0.25, 0.3) is 0 Å². The van der Waals surface area contributed by atoms with E-state index in [1.165, 1.54) is 5.69 Å². The Morgan fingerprint density at radius 3 is 2.94 bits per heavy atom. The first-order valence-electron chi connectivity index (χ1n) is 6.30. The number of methoxy groups -OCH3 is 1. The smallest absolute Gasteiger partial charge is 0.0645 e. The molecule has 0 saturated heterocycles. The van der Waals surface area contributed by atoms with Crippen LogP contribution < -0.4 is 5.32 Å². The van der Waals surface area contributed by atoms with Crippen molar-refractivity contribution in [2.75, 3.05) is 33.5 Å². The van der Waals surface area contributed by atoms with Crippen molar-refractivity contribution in [3.8, 4) is 0 Å². The molecule has 1 rings (SSSR count). The Morgan fingerprint density at radius 2 is 2.18 bits per heavy atom. The molecule has 98 valence electrons. The molecule has 0 saturated carbocycles. The van der Waals surface area contributed by atoms with Crippen LogP contribution in [0.4, 0.5) is 0 Å². The third-order valence-corrected chi connectivity index (χ3v) is 2.59. The van der Waals surface area contributed by atoms with Gasteiger partial charge in [0.2, 0.25) is 0 Å². The minimum atomic E-state index is 0.761. The van der Waals surface area contributed by atoms with Crippen LogP contribution in [0.1, 0.15) is 19.0 Å². The molecule has 0 amide bonds. The van der Waals surface area contributed by atoms with Crippen molar-refractivity contribution in [3.63, 3.8) is 0 Å². The van der Waals surface area contributed by atoms with Crippen LogP contribution >= 0.6 is 0 Å². The number of aromatic nitrogens is 1. The van der Waals surface area contributed by atoms with Gasteiger partial charge < -0.3 is 19.4 Å². The zero-order chi connectivity index (χ0) is 12.3. The third-order valence-electron chi connectivity index (χ3n) is 2.59. The molecule has 0 atom stereocenters. The highest BCUT2D eigenvalue weighted by Gasteiger charge is 1.99. The molecular formula is C13H24N2O2. The van der Waals surface area contributed by atoms with Crippen molar-refractivity contribution in [1.82, 2.24) is 9.88 Å². The minimum absolute atomic E-state index is 0.761. The van der Waals surface area contributed by atoms with E-state index in [2.05, 4.69) is 35.1 Å². The van der Waals surface area contributed by atoms with Gasteiger partial charge in [0.1, 0.15) is 0 Å². The monoisotopic (exact) mass is 240 g/mol. The molecular weight excluding hydrogens is 216 g/mol. The Bertz CT molecular complexity index is 287. The summed E-state index contributed by atoms with van der Waals surface area (Å²) in [6.45, 7) is 7.27. The van der Waals surface area contributed by atoms with Gasteiger partial charge in [-0.25, -0.2) is 0 Å². The third kappa shape index (κ3) is 5.86. The molecule has 1 aromatic rings. The number of hydrogen-bond acceptors (Lipinski definition) is 3. The molecule has 0 radical (unpaired) electrons. The van der Waals surface area contributed by atoms with E-state index in [0.29, 0.717) is 0 Å². The lowest BCUT2D eigenvalue weighted by molar-refractivity contribution is 0.0973. The summed E-state index contributed by atoms with van der Waals surface area (Å²) in [5, 5.41) is 3.33. The van der Waals surface area contributed by atoms with E-state index in [-0.39, 0.29) is 0 Å². The minimum Gasteiger partial charge on any atom is -0.385 e. The molecule has 1 aromatic heterocycles. The maximum atomic E-state index is 5.55. The van der Waals surface area contributed by atoms with Crippen LogP contribution in [0.3, 0.4) is 0 Å². The normalized spacial score (nSPS) is 10.9. The Kier molecular flexibility index (Phi) is 7.71. The van der Waals surface area contributed by atoms with Gasteiger partial charge in [0.05, 0.1) is 6.61 Å². The first kappa shape index (κ1) is 14.2. The van der Waals surface area contributed by atoms with E-state index in [4.69, 9.17) is 9.47 Å². The summed E-state index contributed by atoms with van der Waals surface area (Å²) >= 11 is 0. The Balaban J connectivity index is 2.15. The van der Waals surface area contributed by atoms with E-state index in [0.717, 1.165) is 45.9 Å². The van der Waals surface area contributed by atoms with E-state index in [9.17, 15) is 0 Å².